The molecule has 1 spiro atoms. The summed E-state index contributed by atoms with van der Waals surface area (Å²) in [5.41, 5.74) is 0.907. The molecule has 0 aromatic carbocycles. The van der Waals surface area contributed by atoms with Gasteiger partial charge in [-0.15, -0.1) is 0 Å². The fourth-order valence-electron chi connectivity index (χ4n) is 1.22. The Hall–Kier alpha value is 0.350. The fraction of sp³-hybridized carbons (Fsp3) is 1.00. The summed E-state index contributed by atoms with van der Waals surface area (Å²) in [6, 6.07) is 0. The zero-order chi connectivity index (χ0) is 4.74. The third-order valence-corrected chi connectivity index (χ3v) is 3.45. The Morgan fingerprint density at radius 1 is 1.14 bits per heavy atom. The molecule has 0 N–H and O–H groups in total. The molecule has 40 valence electrons. The van der Waals surface area contributed by atoms with E-state index in [0.29, 0.717) is 0 Å². The highest BCUT2D eigenvalue weighted by Gasteiger charge is 2.44. The SMILES string of the molecule is C1CC2(CC2)CS1. The molecule has 1 saturated heterocycles. The molecular weight excluding hydrogens is 104 g/mol. The van der Waals surface area contributed by atoms with Crippen LogP contribution >= 0.6 is 11.8 Å². The van der Waals surface area contributed by atoms with Gasteiger partial charge in [-0.05, 0) is 36.2 Å². The van der Waals surface area contributed by atoms with Crippen molar-refractivity contribution < 1.29 is 0 Å². The zero-order valence-electron chi connectivity index (χ0n) is 4.44. The lowest BCUT2D eigenvalue weighted by atomic mass is 10.1. The lowest BCUT2D eigenvalue weighted by molar-refractivity contribution is 0.592. The predicted octanol–water partition coefficient (Wildman–Crippen LogP) is 1.90. The van der Waals surface area contributed by atoms with Crippen molar-refractivity contribution in [3.8, 4) is 0 Å². The van der Waals surface area contributed by atoms with E-state index in [-0.39, 0.29) is 0 Å². The van der Waals surface area contributed by atoms with Crippen molar-refractivity contribution in [3.05, 3.63) is 0 Å². The van der Waals surface area contributed by atoms with Crippen LogP contribution in [0.15, 0.2) is 0 Å². The first-order chi connectivity index (χ1) is 3.41. The summed E-state index contributed by atoms with van der Waals surface area (Å²) in [7, 11) is 0. The highest BCUT2D eigenvalue weighted by molar-refractivity contribution is 7.99. The zero-order valence-corrected chi connectivity index (χ0v) is 5.26. The second-order valence-electron chi connectivity index (χ2n) is 2.80. The van der Waals surface area contributed by atoms with Gasteiger partial charge in [0.1, 0.15) is 0 Å². The van der Waals surface area contributed by atoms with E-state index in [1.807, 2.05) is 0 Å². The first kappa shape index (κ1) is 4.25. The Balaban J connectivity index is 2.07. The quantitative estimate of drug-likeness (QED) is 0.463. The molecule has 0 aromatic heterocycles. The van der Waals surface area contributed by atoms with Gasteiger partial charge in [-0.3, -0.25) is 0 Å². The van der Waals surface area contributed by atoms with E-state index in [2.05, 4.69) is 11.8 Å². The number of hydrogen-bond acceptors (Lipinski definition) is 1. The lowest BCUT2D eigenvalue weighted by Gasteiger charge is -1.96. The Bertz CT molecular complexity index is 76.2. The first-order valence-corrected chi connectivity index (χ1v) is 4.15. The van der Waals surface area contributed by atoms with Crippen LogP contribution in [0.3, 0.4) is 0 Å². The van der Waals surface area contributed by atoms with Crippen molar-refractivity contribution >= 4 is 11.8 Å². The van der Waals surface area contributed by atoms with Crippen LogP contribution in [0.25, 0.3) is 0 Å². The maximum Gasteiger partial charge on any atom is -0.00105 e. The van der Waals surface area contributed by atoms with E-state index in [0.717, 1.165) is 5.41 Å². The molecule has 0 atom stereocenters. The van der Waals surface area contributed by atoms with Crippen molar-refractivity contribution in [2.75, 3.05) is 11.5 Å². The molecule has 1 heteroatoms. The second kappa shape index (κ2) is 1.19. The van der Waals surface area contributed by atoms with Gasteiger partial charge < -0.3 is 0 Å². The molecule has 1 saturated carbocycles. The molecule has 1 aliphatic heterocycles. The largest absolute Gasteiger partial charge is 0.161 e. The Morgan fingerprint density at radius 2 is 2.00 bits per heavy atom. The molecular formula is C6H10S. The van der Waals surface area contributed by atoms with Crippen molar-refractivity contribution in [1.29, 1.82) is 0 Å². The summed E-state index contributed by atoms with van der Waals surface area (Å²) in [5, 5.41) is 0. The van der Waals surface area contributed by atoms with Crippen LogP contribution in [0.1, 0.15) is 19.3 Å². The Labute approximate surface area is 48.7 Å². The second-order valence-corrected chi connectivity index (χ2v) is 3.91. The summed E-state index contributed by atoms with van der Waals surface area (Å²) < 4.78 is 0. The Morgan fingerprint density at radius 3 is 2.29 bits per heavy atom. The van der Waals surface area contributed by atoms with E-state index in [9.17, 15) is 0 Å². The van der Waals surface area contributed by atoms with E-state index < -0.39 is 0 Å². The molecule has 2 fully saturated rings. The highest BCUT2D eigenvalue weighted by Crippen LogP contribution is 2.55. The van der Waals surface area contributed by atoms with Crippen LogP contribution in [0.4, 0.5) is 0 Å². The summed E-state index contributed by atoms with van der Waals surface area (Å²) in [6.07, 6.45) is 4.61. The summed E-state index contributed by atoms with van der Waals surface area (Å²) in [5.74, 6) is 2.92. The van der Waals surface area contributed by atoms with Crippen molar-refractivity contribution in [2.24, 2.45) is 5.41 Å². The van der Waals surface area contributed by atoms with Gasteiger partial charge in [0.25, 0.3) is 0 Å². The molecule has 7 heavy (non-hydrogen) atoms. The lowest BCUT2D eigenvalue weighted by Crippen LogP contribution is -1.93. The average Bonchev–Trinajstić information content (AvgIpc) is 2.15. The maximum atomic E-state index is 2.14. The molecule has 2 rings (SSSR count). The van der Waals surface area contributed by atoms with Gasteiger partial charge in [-0.2, -0.15) is 11.8 Å². The molecule has 0 nitrogen and oxygen atoms in total. The minimum Gasteiger partial charge on any atom is -0.161 e. The van der Waals surface area contributed by atoms with Gasteiger partial charge in [0, 0.05) is 0 Å². The minimum atomic E-state index is 0.907. The average molecular weight is 114 g/mol. The topological polar surface area (TPSA) is 0 Å². The molecule has 2 aliphatic rings. The van der Waals surface area contributed by atoms with E-state index in [1.165, 1.54) is 17.9 Å². The number of rotatable bonds is 0. The maximum absolute atomic E-state index is 2.14. The normalized spacial score (nSPS) is 34.3. The smallest absolute Gasteiger partial charge is 0.00105 e. The van der Waals surface area contributed by atoms with Crippen LogP contribution < -0.4 is 0 Å². The molecule has 0 amide bonds. The van der Waals surface area contributed by atoms with E-state index in [4.69, 9.17) is 0 Å². The van der Waals surface area contributed by atoms with Gasteiger partial charge in [0.2, 0.25) is 0 Å². The summed E-state index contributed by atoms with van der Waals surface area (Å²) in [6.45, 7) is 0. The first-order valence-electron chi connectivity index (χ1n) is 2.99. The molecule has 1 aliphatic carbocycles. The van der Waals surface area contributed by atoms with Gasteiger partial charge >= 0.3 is 0 Å². The summed E-state index contributed by atoms with van der Waals surface area (Å²) >= 11 is 2.14. The van der Waals surface area contributed by atoms with Crippen LogP contribution in [0, 0.1) is 5.41 Å². The monoisotopic (exact) mass is 114 g/mol. The number of hydrogen-bond donors (Lipinski definition) is 0. The number of thioether (sulfide) groups is 1. The van der Waals surface area contributed by atoms with Crippen LogP contribution in [-0.4, -0.2) is 11.5 Å². The van der Waals surface area contributed by atoms with Crippen LogP contribution in [0.2, 0.25) is 0 Å². The van der Waals surface area contributed by atoms with Gasteiger partial charge in [-0.25, -0.2) is 0 Å². The minimum absolute atomic E-state index is 0.907. The molecule has 0 unspecified atom stereocenters. The highest BCUT2D eigenvalue weighted by atomic mass is 32.2. The van der Waals surface area contributed by atoms with Gasteiger partial charge in [-0.1, -0.05) is 0 Å². The van der Waals surface area contributed by atoms with Gasteiger partial charge in [0.15, 0.2) is 0 Å². The predicted molar refractivity (Wildman–Crippen MR) is 33.6 cm³/mol. The van der Waals surface area contributed by atoms with Crippen molar-refractivity contribution in [1.82, 2.24) is 0 Å². The standard InChI is InChI=1S/C6H10S/c1-2-6(1)3-4-7-5-6/h1-5H2. The third kappa shape index (κ3) is 0.584. The van der Waals surface area contributed by atoms with E-state index in [1.54, 1.807) is 12.8 Å². The van der Waals surface area contributed by atoms with E-state index >= 15 is 0 Å². The summed E-state index contributed by atoms with van der Waals surface area (Å²) in [4.78, 5) is 0. The van der Waals surface area contributed by atoms with Gasteiger partial charge in [0.05, 0.1) is 0 Å². The van der Waals surface area contributed by atoms with Crippen molar-refractivity contribution in [3.63, 3.8) is 0 Å². The molecule has 1 heterocycles. The fourth-order valence-corrected chi connectivity index (χ4v) is 2.81. The van der Waals surface area contributed by atoms with Crippen LogP contribution in [0.5, 0.6) is 0 Å². The molecule has 0 radical (unpaired) electrons. The third-order valence-electron chi connectivity index (χ3n) is 2.14. The van der Waals surface area contributed by atoms with Crippen molar-refractivity contribution in [2.45, 2.75) is 19.3 Å². The van der Waals surface area contributed by atoms with Crippen LogP contribution in [-0.2, 0) is 0 Å². The molecule has 0 bridgehead atoms. The Kier molecular flexibility index (Phi) is 0.724. The molecule has 0 aromatic rings.